The Morgan fingerprint density at radius 2 is 1.95 bits per heavy atom. The van der Waals surface area contributed by atoms with E-state index in [1.165, 1.54) is 13.0 Å². The molecule has 1 aliphatic rings. The first-order valence-electron chi connectivity index (χ1n) is 6.43. The first kappa shape index (κ1) is 16.3. The van der Waals surface area contributed by atoms with Gasteiger partial charge in [0.1, 0.15) is 23.0 Å². The molecule has 0 spiro atoms. The summed E-state index contributed by atoms with van der Waals surface area (Å²) in [5, 5.41) is 8.95. The molecule has 0 radical (unpaired) electrons. The molecule has 0 bridgehead atoms. The number of hydrogen-bond acceptors (Lipinski definition) is 4. The van der Waals surface area contributed by atoms with E-state index in [0.29, 0.717) is 0 Å². The largest absolute Gasteiger partial charge is 0.462 e. The second-order valence-corrected chi connectivity index (χ2v) is 6.92. The second kappa shape index (κ2) is 5.62. The SMILES string of the molecule is Cc1oc(CO)cc1S(=O)(=O)N1CCC(C(F)(F)F)CC1. The zero-order chi connectivity index (χ0) is 15.8. The van der Waals surface area contributed by atoms with Gasteiger partial charge in [-0.15, -0.1) is 0 Å². The minimum Gasteiger partial charge on any atom is -0.462 e. The van der Waals surface area contributed by atoms with Gasteiger partial charge in [-0.05, 0) is 19.8 Å². The van der Waals surface area contributed by atoms with Crippen molar-refractivity contribution in [3.63, 3.8) is 0 Å². The van der Waals surface area contributed by atoms with Gasteiger partial charge in [0.05, 0.1) is 5.92 Å². The maximum absolute atomic E-state index is 12.6. The number of aliphatic hydroxyl groups excluding tert-OH is 1. The van der Waals surface area contributed by atoms with Gasteiger partial charge in [0, 0.05) is 19.2 Å². The van der Waals surface area contributed by atoms with Crippen LogP contribution in [0.2, 0.25) is 0 Å². The summed E-state index contributed by atoms with van der Waals surface area (Å²) >= 11 is 0. The summed E-state index contributed by atoms with van der Waals surface area (Å²) in [4.78, 5) is -0.1000. The third-order valence-corrected chi connectivity index (χ3v) is 5.62. The fourth-order valence-electron chi connectivity index (χ4n) is 2.42. The third-order valence-electron chi connectivity index (χ3n) is 3.61. The molecule has 0 unspecified atom stereocenters. The molecule has 0 saturated carbocycles. The van der Waals surface area contributed by atoms with E-state index in [-0.39, 0.29) is 42.3 Å². The Hall–Kier alpha value is -1.06. The van der Waals surface area contributed by atoms with Crippen molar-refractivity contribution in [1.29, 1.82) is 0 Å². The molecule has 120 valence electrons. The quantitative estimate of drug-likeness (QED) is 0.922. The number of piperidine rings is 1. The van der Waals surface area contributed by atoms with Gasteiger partial charge in [0.25, 0.3) is 0 Å². The fourth-order valence-corrected chi connectivity index (χ4v) is 4.08. The predicted molar refractivity (Wildman–Crippen MR) is 66.9 cm³/mol. The van der Waals surface area contributed by atoms with E-state index >= 15 is 0 Å². The van der Waals surface area contributed by atoms with E-state index in [9.17, 15) is 21.6 Å². The van der Waals surface area contributed by atoms with Crippen molar-refractivity contribution in [2.24, 2.45) is 5.92 Å². The molecule has 1 N–H and O–H groups in total. The van der Waals surface area contributed by atoms with Gasteiger partial charge in [0.15, 0.2) is 0 Å². The van der Waals surface area contributed by atoms with Crippen molar-refractivity contribution in [3.05, 3.63) is 17.6 Å². The lowest BCUT2D eigenvalue weighted by atomic mass is 9.98. The molecule has 1 fully saturated rings. The van der Waals surface area contributed by atoms with Gasteiger partial charge in [-0.3, -0.25) is 0 Å². The van der Waals surface area contributed by atoms with Crippen LogP contribution in [0.4, 0.5) is 13.2 Å². The smallest absolute Gasteiger partial charge is 0.391 e. The summed E-state index contributed by atoms with van der Waals surface area (Å²) in [6, 6.07) is 1.21. The van der Waals surface area contributed by atoms with Crippen LogP contribution in [0.1, 0.15) is 24.4 Å². The molecular formula is C12H16F3NO4S. The number of halogens is 3. The van der Waals surface area contributed by atoms with Crippen LogP contribution in [0.25, 0.3) is 0 Å². The van der Waals surface area contributed by atoms with Gasteiger partial charge < -0.3 is 9.52 Å². The number of aryl methyl sites for hydroxylation is 1. The molecule has 1 aromatic rings. The van der Waals surface area contributed by atoms with Crippen LogP contribution in [0.3, 0.4) is 0 Å². The van der Waals surface area contributed by atoms with Crippen LogP contribution in [0.5, 0.6) is 0 Å². The van der Waals surface area contributed by atoms with Crippen molar-refractivity contribution >= 4 is 10.0 Å². The first-order chi connectivity index (χ1) is 9.66. The summed E-state index contributed by atoms with van der Waals surface area (Å²) in [5.41, 5.74) is 0. The first-order valence-corrected chi connectivity index (χ1v) is 7.87. The van der Waals surface area contributed by atoms with Crippen LogP contribution in [0, 0.1) is 12.8 Å². The van der Waals surface area contributed by atoms with Crippen LogP contribution in [-0.2, 0) is 16.6 Å². The number of aliphatic hydroxyl groups is 1. The molecule has 1 aromatic heterocycles. The highest BCUT2D eigenvalue weighted by molar-refractivity contribution is 7.89. The summed E-state index contributed by atoms with van der Waals surface area (Å²) in [7, 11) is -3.89. The molecule has 21 heavy (non-hydrogen) atoms. The normalized spacial score (nSPS) is 19.1. The minimum absolute atomic E-state index is 0.1000. The Morgan fingerprint density at radius 3 is 2.38 bits per heavy atom. The molecule has 2 heterocycles. The lowest BCUT2D eigenvalue weighted by Gasteiger charge is -2.31. The van der Waals surface area contributed by atoms with E-state index in [2.05, 4.69) is 0 Å². The minimum atomic E-state index is -4.29. The van der Waals surface area contributed by atoms with E-state index in [4.69, 9.17) is 9.52 Å². The van der Waals surface area contributed by atoms with Gasteiger partial charge in [-0.2, -0.15) is 17.5 Å². The zero-order valence-corrected chi connectivity index (χ0v) is 12.2. The number of nitrogens with zero attached hydrogens (tertiary/aromatic N) is 1. The number of hydrogen-bond donors (Lipinski definition) is 1. The maximum Gasteiger partial charge on any atom is 0.391 e. The molecule has 0 atom stereocenters. The topological polar surface area (TPSA) is 70.8 Å². The Bertz CT molecular complexity index is 601. The Balaban J connectivity index is 2.17. The molecule has 9 heteroatoms. The highest BCUT2D eigenvalue weighted by atomic mass is 32.2. The van der Waals surface area contributed by atoms with E-state index < -0.39 is 28.7 Å². The molecule has 0 amide bonds. The highest BCUT2D eigenvalue weighted by Gasteiger charge is 2.43. The van der Waals surface area contributed by atoms with Crippen LogP contribution < -0.4 is 0 Å². The van der Waals surface area contributed by atoms with E-state index in [0.717, 1.165) is 4.31 Å². The standard InChI is InChI=1S/C12H16F3NO4S/c1-8-11(6-10(7-17)20-8)21(18,19)16-4-2-9(3-5-16)12(13,14)15/h6,9,17H,2-5,7H2,1H3. The Morgan fingerprint density at radius 1 is 1.38 bits per heavy atom. The lowest BCUT2D eigenvalue weighted by Crippen LogP contribution is -2.42. The van der Waals surface area contributed by atoms with Crippen molar-refractivity contribution in [3.8, 4) is 0 Å². The van der Waals surface area contributed by atoms with Gasteiger partial charge in [-0.1, -0.05) is 0 Å². The molecular weight excluding hydrogens is 311 g/mol. The summed E-state index contributed by atoms with van der Waals surface area (Å²) in [6.07, 6.45) is -4.77. The summed E-state index contributed by atoms with van der Waals surface area (Å²) < 4.78 is 68.7. The highest BCUT2D eigenvalue weighted by Crippen LogP contribution is 2.36. The second-order valence-electron chi connectivity index (χ2n) is 5.01. The monoisotopic (exact) mass is 327 g/mol. The van der Waals surface area contributed by atoms with Crippen LogP contribution in [-0.4, -0.2) is 37.1 Å². The van der Waals surface area contributed by atoms with Crippen molar-refractivity contribution in [1.82, 2.24) is 4.31 Å². The zero-order valence-electron chi connectivity index (χ0n) is 11.4. The van der Waals surface area contributed by atoms with E-state index in [1.54, 1.807) is 0 Å². The fraction of sp³-hybridized carbons (Fsp3) is 0.667. The van der Waals surface area contributed by atoms with Crippen molar-refractivity contribution < 1.29 is 31.1 Å². The lowest BCUT2D eigenvalue weighted by molar-refractivity contribution is -0.182. The average molecular weight is 327 g/mol. The average Bonchev–Trinajstić information content (AvgIpc) is 2.80. The van der Waals surface area contributed by atoms with Gasteiger partial charge in [0.2, 0.25) is 10.0 Å². The van der Waals surface area contributed by atoms with E-state index in [1.807, 2.05) is 0 Å². The van der Waals surface area contributed by atoms with Gasteiger partial charge in [-0.25, -0.2) is 8.42 Å². The predicted octanol–water partition coefficient (Wildman–Crippen LogP) is 2.04. The molecule has 0 aliphatic carbocycles. The Labute approximate surface area is 120 Å². The van der Waals surface area contributed by atoms with Crippen molar-refractivity contribution in [2.75, 3.05) is 13.1 Å². The third kappa shape index (κ3) is 3.24. The molecule has 5 nitrogen and oxygen atoms in total. The number of sulfonamides is 1. The van der Waals surface area contributed by atoms with Crippen molar-refractivity contribution in [2.45, 2.75) is 37.4 Å². The number of alkyl halides is 3. The van der Waals surface area contributed by atoms with Crippen LogP contribution in [0.15, 0.2) is 15.4 Å². The number of rotatable bonds is 3. The molecule has 1 saturated heterocycles. The summed E-state index contributed by atoms with van der Waals surface area (Å²) in [5.74, 6) is -1.23. The maximum atomic E-state index is 12.6. The number of furan rings is 1. The summed E-state index contributed by atoms with van der Waals surface area (Å²) in [6.45, 7) is 0.651. The Kier molecular flexibility index (Phi) is 4.36. The molecule has 0 aromatic carbocycles. The molecule has 2 rings (SSSR count). The van der Waals surface area contributed by atoms with Crippen LogP contribution >= 0.6 is 0 Å². The molecule has 1 aliphatic heterocycles. The van der Waals surface area contributed by atoms with Gasteiger partial charge >= 0.3 is 6.18 Å².